The molecule has 9 atom stereocenters. The fourth-order valence-electron chi connectivity index (χ4n) is 11.1. The molecule has 3 saturated carbocycles. The number of amides is 1. The molecular weight excluding hydrogens is 580 g/mol. The summed E-state index contributed by atoms with van der Waals surface area (Å²) in [7, 11) is 1.97. The van der Waals surface area contributed by atoms with Crippen LogP contribution in [0.5, 0.6) is 0 Å². The van der Waals surface area contributed by atoms with Gasteiger partial charge in [-0.2, -0.15) is 0 Å². The van der Waals surface area contributed by atoms with Gasteiger partial charge in [0.15, 0.2) is 0 Å². The lowest BCUT2D eigenvalue weighted by Gasteiger charge is -2.52. The number of carbonyl (C=O) groups excluding carboxylic acids is 2. The third-order valence-corrected chi connectivity index (χ3v) is 13.4. The highest BCUT2D eigenvalue weighted by molar-refractivity contribution is 5.79. The van der Waals surface area contributed by atoms with E-state index in [4.69, 9.17) is 4.74 Å². The zero-order valence-electron chi connectivity index (χ0n) is 31.2. The SMILES string of the molecule is CC.CC.CC1=C2CC3C(CCC4CC(=O)CCC43C)C2CCC2(C1)CC1C(CC(C)CN1CC(=O)N(C)CCc1ccccc1)O2. The number of allylic oxidation sites excluding steroid dienone is 1. The minimum atomic E-state index is -0.0742. The molecule has 5 fully saturated rings. The second-order valence-electron chi connectivity index (χ2n) is 16.1. The van der Waals surface area contributed by atoms with Crippen molar-refractivity contribution in [2.45, 2.75) is 143 Å². The van der Waals surface area contributed by atoms with Crippen molar-refractivity contribution in [2.24, 2.45) is 35.0 Å². The average molecular weight is 647 g/mol. The van der Waals surface area contributed by atoms with Crippen LogP contribution >= 0.6 is 0 Å². The second-order valence-corrected chi connectivity index (χ2v) is 16.1. The zero-order chi connectivity index (χ0) is 33.9. The Morgan fingerprint density at radius 3 is 2.53 bits per heavy atom. The molecule has 1 spiro atoms. The molecule has 0 N–H and O–H groups in total. The molecule has 5 nitrogen and oxygen atoms in total. The number of likely N-dealkylation sites (N-methyl/N-ethyl adjacent to an activating group) is 1. The first kappa shape index (κ1) is 36.3. The molecule has 1 aromatic rings. The largest absolute Gasteiger partial charge is 0.370 e. The van der Waals surface area contributed by atoms with Crippen LogP contribution in [0.2, 0.25) is 0 Å². The van der Waals surface area contributed by atoms with Crippen LogP contribution in [0.4, 0.5) is 0 Å². The van der Waals surface area contributed by atoms with E-state index in [0.29, 0.717) is 41.5 Å². The summed E-state index contributed by atoms with van der Waals surface area (Å²) < 4.78 is 7.17. The van der Waals surface area contributed by atoms with Gasteiger partial charge in [-0.15, -0.1) is 0 Å². The van der Waals surface area contributed by atoms with E-state index in [9.17, 15) is 9.59 Å². The maximum atomic E-state index is 13.4. The van der Waals surface area contributed by atoms with E-state index in [-0.39, 0.29) is 17.6 Å². The van der Waals surface area contributed by atoms with Crippen molar-refractivity contribution in [3.8, 4) is 0 Å². The van der Waals surface area contributed by atoms with Crippen molar-refractivity contribution in [3.05, 3.63) is 47.0 Å². The maximum absolute atomic E-state index is 13.4. The lowest BCUT2D eigenvalue weighted by atomic mass is 9.52. The molecule has 1 aromatic carbocycles. The monoisotopic (exact) mass is 647 g/mol. The van der Waals surface area contributed by atoms with Gasteiger partial charge in [-0.25, -0.2) is 0 Å². The van der Waals surface area contributed by atoms with Crippen LogP contribution in [-0.4, -0.2) is 65.9 Å². The molecule has 2 heterocycles. The minimum Gasteiger partial charge on any atom is -0.370 e. The Bertz CT molecular complexity index is 1260. The standard InChI is InChI=1S/C38H54N2O3.2C2H6/c1-25-18-35-34(40(23-25)24-36(42)39(4)17-14-27-8-6-5-7-9-27)22-38(43-35)16-13-30-31-11-10-28-19-29(41)12-15-37(28,3)33(31)20-32(30)26(2)21-38;2*1-2/h5-9,25,28,30-31,33-35H,10-24H2,1-4H3;2*1-2H3. The van der Waals surface area contributed by atoms with Gasteiger partial charge in [-0.1, -0.05) is 83.0 Å². The van der Waals surface area contributed by atoms with Gasteiger partial charge in [0.2, 0.25) is 5.91 Å². The van der Waals surface area contributed by atoms with Crippen LogP contribution in [0.1, 0.15) is 125 Å². The summed E-state index contributed by atoms with van der Waals surface area (Å²) in [5.74, 6) is 4.16. The Labute approximate surface area is 287 Å². The Morgan fingerprint density at radius 1 is 1.04 bits per heavy atom. The summed E-state index contributed by atoms with van der Waals surface area (Å²) in [5, 5.41) is 0. The minimum absolute atomic E-state index is 0.0742. The number of rotatable bonds is 5. The Balaban J connectivity index is 0.00000105. The molecule has 0 aromatic heterocycles. The van der Waals surface area contributed by atoms with Gasteiger partial charge in [0, 0.05) is 39.0 Å². The van der Waals surface area contributed by atoms with Crippen molar-refractivity contribution in [1.29, 1.82) is 0 Å². The topological polar surface area (TPSA) is 49.9 Å². The van der Waals surface area contributed by atoms with Crippen LogP contribution in [-0.2, 0) is 20.7 Å². The second kappa shape index (κ2) is 15.3. The van der Waals surface area contributed by atoms with E-state index in [1.54, 1.807) is 11.1 Å². The molecule has 7 rings (SSSR count). The quantitative estimate of drug-likeness (QED) is 0.300. The van der Waals surface area contributed by atoms with Gasteiger partial charge in [-0.3, -0.25) is 14.5 Å². The Hall–Kier alpha value is -1.98. The highest BCUT2D eigenvalue weighted by atomic mass is 16.5. The molecule has 2 saturated heterocycles. The summed E-state index contributed by atoms with van der Waals surface area (Å²) in [5.41, 5.74) is 4.94. The van der Waals surface area contributed by atoms with E-state index >= 15 is 0 Å². The lowest BCUT2D eigenvalue weighted by Crippen LogP contribution is -2.52. The van der Waals surface area contributed by atoms with Gasteiger partial charge < -0.3 is 9.64 Å². The number of hydrogen-bond acceptors (Lipinski definition) is 4. The number of Topliss-reactive ketones (excluding diaryl/α,β-unsaturated/α-hetero) is 1. The number of fused-ring (bicyclic) bond motifs is 6. The number of ether oxygens (including phenoxy) is 1. The number of carbonyl (C=O) groups is 2. The first-order valence-electron chi connectivity index (χ1n) is 19.5. The highest BCUT2D eigenvalue weighted by Crippen LogP contribution is 2.64. The third-order valence-electron chi connectivity index (χ3n) is 13.4. The molecule has 0 radical (unpaired) electrons. The van der Waals surface area contributed by atoms with Crippen LogP contribution in [0.25, 0.3) is 0 Å². The van der Waals surface area contributed by atoms with Gasteiger partial charge in [-0.05, 0) is 112 Å². The summed E-state index contributed by atoms with van der Waals surface area (Å²) in [6.07, 6.45) is 13.4. The number of nitrogens with zero attached hydrogens (tertiary/aromatic N) is 2. The number of likely N-dealkylation sites (tertiary alicyclic amines) is 1. The number of hydrogen-bond donors (Lipinski definition) is 0. The predicted molar refractivity (Wildman–Crippen MR) is 193 cm³/mol. The normalized spacial score (nSPS) is 37.7. The smallest absolute Gasteiger partial charge is 0.236 e. The van der Waals surface area contributed by atoms with Gasteiger partial charge in [0.05, 0.1) is 18.2 Å². The molecule has 262 valence electrons. The van der Waals surface area contributed by atoms with Crippen LogP contribution in [0.15, 0.2) is 41.5 Å². The first-order chi connectivity index (χ1) is 22.6. The maximum Gasteiger partial charge on any atom is 0.236 e. The lowest BCUT2D eigenvalue weighted by molar-refractivity contribution is -0.133. The van der Waals surface area contributed by atoms with Gasteiger partial charge in [0.1, 0.15) is 5.78 Å². The molecule has 9 unspecified atom stereocenters. The number of benzene rings is 1. The summed E-state index contributed by atoms with van der Waals surface area (Å²) in [6.45, 7) is 17.6. The van der Waals surface area contributed by atoms with E-state index in [2.05, 4.69) is 49.9 Å². The molecule has 5 heteroatoms. The van der Waals surface area contributed by atoms with Gasteiger partial charge in [0.25, 0.3) is 0 Å². The number of ketones is 1. The summed E-state index contributed by atoms with van der Waals surface area (Å²) in [4.78, 5) is 30.2. The van der Waals surface area contributed by atoms with Crippen LogP contribution in [0, 0.1) is 35.0 Å². The molecule has 47 heavy (non-hydrogen) atoms. The van der Waals surface area contributed by atoms with Crippen molar-refractivity contribution >= 4 is 11.7 Å². The fraction of sp³-hybridized carbons (Fsp3) is 0.762. The first-order valence-corrected chi connectivity index (χ1v) is 19.5. The van der Waals surface area contributed by atoms with E-state index in [0.717, 1.165) is 76.3 Å². The fourth-order valence-corrected chi connectivity index (χ4v) is 11.1. The molecule has 6 aliphatic rings. The van der Waals surface area contributed by atoms with E-state index < -0.39 is 0 Å². The third kappa shape index (κ3) is 7.32. The molecule has 1 amide bonds. The average Bonchev–Trinajstić information content (AvgIpc) is 3.60. The molecule has 4 aliphatic carbocycles. The van der Waals surface area contributed by atoms with E-state index in [1.807, 2.05) is 45.7 Å². The van der Waals surface area contributed by atoms with Crippen molar-refractivity contribution in [1.82, 2.24) is 9.80 Å². The van der Waals surface area contributed by atoms with E-state index in [1.165, 1.54) is 31.2 Å². The summed E-state index contributed by atoms with van der Waals surface area (Å²) in [6, 6.07) is 10.8. The van der Waals surface area contributed by atoms with Crippen molar-refractivity contribution in [2.75, 3.05) is 26.7 Å². The van der Waals surface area contributed by atoms with Crippen LogP contribution < -0.4 is 0 Å². The highest BCUT2D eigenvalue weighted by Gasteiger charge is 2.58. The Kier molecular flexibility index (Phi) is 11.8. The number of piperidine rings is 1. The van der Waals surface area contributed by atoms with Crippen molar-refractivity contribution in [3.63, 3.8) is 0 Å². The zero-order valence-corrected chi connectivity index (χ0v) is 31.2. The molecular formula is C42H66N2O3. The van der Waals surface area contributed by atoms with Crippen molar-refractivity contribution < 1.29 is 14.3 Å². The predicted octanol–water partition coefficient (Wildman–Crippen LogP) is 8.90. The summed E-state index contributed by atoms with van der Waals surface area (Å²) >= 11 is 0. The molecule has 2 aliphatic heterocycles. The molecule has 0 bridgehead atoms. The van der Waals surface area contributed by atoms with Gasteiger partial charge >= 0.3 is 0 Å². The van der Waals surface area contributed by atoms with Crippen LogP contribution in [0.3, 0.4) is 0 Å². The Morgan fingerprint density at radius 2 is 1.79 bits per heavy atom.